The monoisotopic (exact) mass is 812 g/mol. The molecule has 312 valence electrons. The van der Waals surface area contributed by atoms with Crippen molar-refractivity contribution < 1.29 is 28.8 Å². The first-order valence-corrected chi connectivity index (χ1v) is 21.2. The SMILES string of the molecule is O=C(/C=C/c1cccnc1)NCCCCC1CCN(C(=O)c2ccc(N3CCN(CCCCC#Cc4ccc5c(c4)C(=O)N(C4CCC(=O)NC4=O)C5=O)CC3)nc2)CC1. The molecule has 3 saturated heterocycles. The highest BCUT2D eigenvalue weighted by molar-refractivity contribution is 6.23. The van der Waals surface area contributed by atoms with Crippen molar-refractivity contribution in [2.75, 3.05) is 57.3 Å². The topological polar surface area (TPSA) is 165 Å². The molecule has 0 spiro atoms. The average Bonchev–Trinajstić information content (AvgIpc) is 3.52. The quantitative estimate of drug-likeness (QED) is 0.105. The van der Waals surface area contributed by atoms with Crippen LogP contribution in [-0.2, 0) is 14.4 Å². The number of aromatic nitrogens is 2. The van der Waals surface area contributed by atoms with Crippen molar-refractivity contribution in [3.63, 3.8) is 0 Å². The number of nitrogens with one attached hydrogen (secondary N) is 2. The molecular formula is C46H52N8O6. The zero-order valence-electron chi connectivity index (χ0n) is 33.9. The van der Waals surface area contributed by atoms with Gasteiger partial charge < -0.3 is 15.1 Å². The Morgan fingerprint density at radius 2 is 1.68 bits per heavy atom. The third kappa shape index (κ3) is 10.7. The summed E-state index contributed by atoms with van der Waals surface area (Å²) in [5.74, 6) is 5.65. The highest BCUT2D eigenvalue weighted by Crippen LogP contribution is 2.28. The third-order valence-corrected chi connectivity index (χ3v) is 11.7. The minimum Gasteiger partial charge on any atom is -0.354 e. The number of nitrogens with zero attached hydrogens (tertiary/aromatic N) is 6. The molecule has 3 fully saturated rings. The zero-order valence-corrected chi connectivity index (χ0v) is 33.9. The second-order valence-corrected chi connectivity index (χ2v) is 15.8. The molecule has 6 heterocycles. The van der Waals surface area contributed by atoms with Crippen molar-refractivity contribution >= 4 is 47.3 Å². The van der Waals surface area contributed by atoms with Crippen molar-refractivity contribution in [3.05, 3.63) is 94.9 Å². The molecule has 0 aliphatic carbocycles. The normalized spacial score (nSPS) is 18.7. The van der Waals surface area contributed by atoms with E-state index in [0.29, 0.717) is 30.0 Å². The molecule has 4 aliphatic heterocycles. The minimum atomic E-state index is -0.988. The number of imide groups is 2. The number of piperazine rings is 1. The molecule has 0 saturated carbocycles. The molecule has 4 aliphatic rings. The number of benzene rings is 1. The predicted octanol–water partition coefficient (Wildman–Crippen LogP) is 4.07. The van der Waals surface area contributed by atoms with Crippen LogP contribution < -0.4 is 15.5 Å². The van der Waals surface area contributed by atoms with E-state index in [1.54, 1.807) is 48.9 Å². The summed E-state index contributed by atoms with van der Waals surface area (Å²) < 4.78 is 0. The number of carbonyl (C=O) groups excluding carboxylic acids is 6. The number of hydrogen-bond donors (Lipinski definition) is 2. The van der Waals surface area contributed by atoms with Gasteiger partial charge in [-0.15, -0.1) is 0 Å². The summed E-state index contributed by atoms with van der Waals surface area (Å²) in [4.78, 5) is 91.6. The first-order chi connectivity index (χ1) is 29.2. The fourth-order valence-corrected chi connectivity index (χ4v) is 8.24. The van der Waals surface area contributed by atoms with Gasteiger partial charge in [0.15, 0.2) is 0 Å². The summed E-state index contributed by atoms with van der Waals surface area (Å²) in [7, 11) is 0. The van der Waals surface area contributed by atoms with Crippen LogP contribution in [0.4, 0.5) is 5.82 Å². The van der Waals surface area contributed by atoms with E-state index in [4.69, 9.17) is 0 Å². The van der Waals surface area contributed by atoms with Gasteiger partial charge in [0.25, 0.3) is 17.7 Å². The number of carbonyl (C=O) groups is 6. The van der Waals surface area contributed by atoms with Gasteiger partial charge in [-0.1, -0.05) is 30.7 Å². The van der Waals surface area contributed by atoms with Crippen LogP contribution >= 0.6 is 0 Å². The molecule has 2 aromatic heterocycles. The number of amides is 6. The van der Waals surface area contributed by atoms with Gasteiger partial charge >= 0.3 is 0 Å². The van der Waals surface area contributed by atoms with Gasteiger partial charge in [-0.3, -0.25) is 48.9 Å². The highest BCUT2D eigenvalue weighted by atomic mass is 16.2. The molecule has 1 aromatic carbocycles. The van der Waals surface area contributed by atoms with Gasteiger partial charge in [0.1, 0.15) is 11.9 Å². The molecule has 2 N–H and O–H groups in total. The van der Waals surface area contributed by atoms with E-state index in [1.165, 1.54) is 0 Å². The Morgan fingerprint density at radius 1 is 0.867 bits per heavy atom. The van der Waals surface area contributed by atoms with Crippen LogP contribution in [0.3, 0.4) is 0 Å². The second kappa shape index (κ2) is 20.2. The van der Waals surface area contributed by atoms with E-state index in [1.807, 2.05) is 29.2 Å². The summed E-state index contributed by atoms with van der Waals surface area (Å²) >= 11 is 0. The molecule has 60 heavy (non-hydrogen) atoms. The Morgan fingerprint density at radius 3 is 2.43 bits per heavy atom. The minimum absolute atomic E-state index is 0.0429. The van der Waals surface area contributed by atoms with E-state index in [0.717, 1.165) is 107 Å². The zero-order chi connectivity index (χ0) is 41.8. The molecule has 1 atom stereocenters. The first-order valence-electron chi connectivity index (χ1n) is 21.2. The number of hydrogen-bond acceptors (Lipinski definition) is 10. The van der Waals surface area contributed by atoms with Crippen molar-refractivity contribution in [2.24, 2.45) is 5.92 Å². The second-order valence-electron chi connectivity index (χ2n) is 15.8. The number of anilines is 1. The fourth-order valence-electron chi connectivity index (χ4n) is 8.24. The molecule has 0 radical (unpaired) electrons. The molecule has 7 rings (SSSR count). The van der Waals surface area contributed by atoms with Gasteiger partial charge in [-0.05, 0) is 99.0 Å². The summed E-state index contributed by atoms with van der Waals surface area (Å²) in [6, 6.07) is 11.5. The Labute approximate surface area is 350 Å². The van der Waals surface area contributed by atoms with Crippen LogP contribution in [-0.4, -0.2) is 119 Å². The number of rotatable bonds is 14. The van der Waals surface area contributed by atoms with Gasteiger partial charge in [-0.25, -0.2) is 4.98 Å². The molecule has 0 bridgehead atoms. The number of fused-ring (bicyclic) bond motifs is 1. The van der Waals surface area contributed by atoms with Crippen molar-refractivity contribution in [1.29, 1.82) is 0 Å². The molecule has 6 amide bonds. The predicted molar refractivity (Wildman–Crippen MR) is 225 cm³/mol. The largest absolute Gasteiger partial charge is 0.354 e. The summed E-state index contributed by atoms with van der Waals surface area (Å²) in [6.45, 7) is 6.73. The molecule has 14 heteroatoms. The smallest absolute Gasteiger partial charge is 0.262 e. The number of pyridine rings is 2. The van der Waals surface area contributed by atoms with Crippen molar-refractivity contribution in [1.82, 2.24) is 35.3 Å². The van der Waals surface area contributed by atoms with Gasteiger partial charge in [0, 0.05) is 88.9 Å². The van der Waals surface area contributed by atoms with Crippen molar-refractivity contribution in [2.45, 2.75) is 70.3 Å². The molecular weight excluding hydrogens is 761 g/mol. The number of unbranched alkanes of at least 4 members (excludes halogenated alkanes) is 3. The Bertz CT molecular complexity index is 2150. The van der Waals surface area contributed by atoms with Gasteiger partial charge in [-0.2, -0.15) is 0 Å². The van der Waals surface area contributed by atoms with Crippen molar-refractivity contribution in [3.8, 4) is 11.8 Å². The van der Waals surface area contributed by atoms with Crippen LogP contribution in [0.15, 0.2) is 67.1 Å². The van der Waals surface area contributed by atoms with E-state index in [-0.39, 0.29) is 35.8 Å². The maximum Gasteiger partial charge on any atom is 0.262 e. The standard InChI is InChI=1S/C46H52N8O6/c55-41(17-12-35-10-7-21-47-31-35)48-22-5-4-8-33-19-24-53(25-20-33)44(58)36-13-16-40(49-32-36)52-28-26-51(27-29-52)23-6-2-1-3-9-34-11-14-37-38(30-34)46(60)54(45(37)59)39-15-18-42(56)50-43(39)57/h7,10-14,16-17,21,30-33,39H,1-2,4-6,8,15,18-20,22-29H2,(H,48,55)(H,50,56,57)/b17-12+. The number of piperidine rings is 2. The van der Waals surface area contributed by atoms with Crippen LogP contribution in [0.5, 0.6) is 0 Å². The summed E-state index contributed by atoms with van der Waals surface area (Å²) in [5, 5.41) is 5.16. The lowest BCUT2D eigenvalue weighted by atomic mass is 9.91. The molecule has 3 aromatic rings. The van der Waals surface area contributed by atoms with E-state index < -0.39 is 29.7 Å². The van der Waals surface area contributed by atoms with E-state index in [2.05, 4.69) is 42.2 Å². The van der Waals surface area contributed by atoms with Gasteiger partial charge in [0.2, 0.25) is 17.7 Å². The van der Waals surface area contributed by atoms with Crippen LogP contribution in [0.2, 0.25) is 0 Å². The molecule has 1 unspecified atom stereocenters. The number of likely N-dealkylation sites (tertiary alicyclic amines) is 1. The Kier molecular flexibility index (Phi) is 14.1. The maximum atomic E-state index is 13.3. The highest BCUT2D eigenvalue weighted by Gasteiger charge is 2.44. The lowest BCUT2D eigenvalue weighted by molar-refractivity contribution is -0.136. The first kappa shape index (κ1) is 41.9. The lowest BCUT2D eigenvalue weighted by Crippen LogP contribution is -2.54. The summed E-state index contributed by atoms with van der Waals surface area (Å²) in [5.41, 5.74) is 2.64. The van der Waals surface area contributed by atoms with E-state index >= 15 is 0 Å². The molecule has 14 nitrogen and oxygen atoms in total. The maximum absolute atomic E-state index is 13.3. The fraction of sp³-hybridized carbons (Fsp3) is 0.435. The van der Waals surface area contributed by atoms with Crippen LogP contribution in [0, 0.1) is 17.8 Å². The summed E-state index contributed by atoms with van der Waals surface area (Å²) in [6.07, 6.45) is 16.4. The van der Waals surface area contributed by atoms with Gasteiger partial charge in [0.05, 0.1) is 16.7 Å². The Hall–Kier alpha value is -6.20. The van der Waals surface area contributed by atoms with Crippen LogP contribution in [0.1, 0.15) is 106 Å². The average molecular weight is 813 g/mol. The lowest BCUT2D eigenvalue weighted by Gasteiger charge is -2.35. The third-order valence-electron chi connectivity index (χ3n) is 11.7. The van der Waals surface area contributed by atoms with E-state index in [9.17, 15) is 28.8 Å². The Balaban J connectivity index is 0.751. The van der Waals surface area contributed by atoms with Crippen LogP contribution in [0.25, 0.3) is 6.08 Å².